The molecule has 17 heavy (non-hydrogen) atoms. The third kappa shape index (κ3) is 4.30. The van der Waals surface area contributed by atoms with E-state index >= 15 is 0 Å². The zero-order chi connectivity index (χ0) is 12.9. The van der Waals surface area contributed by atoms with Gasteiger partial charge in [0.2, 0.25) is 5.91 Å². The molecule has 100 valence electrons. The summed E-state index contributed by atoms with van der Waals surface area (Å²) in [6.45, 7) is 11.1. The van der Waals surface area contributed by atoms with Crippen LogP contribution < -0.4 is 5.32 Å². The first kappa shape index (κ1) is 14.5. The molecule has 0 aliphatic carbocycles. The molecular formula is C14H28N2O. The average molecular weight is 240 g/mol. The van der Waals surface area contributed by atoms with Gasteiger partial charge < -0.3 is 5.32 Å². The van der Waals surface area contributed by atoms with E-state index in [-0.39, 0.29) is 5.91 Å². The van der Waals surface area contributed by atoms with Gasteiger partial charge in [-0.15, -0.1) is 0 Å². The van der Waals surface area contributed by atoms with Gasteiger partial charge in [0.05, 0.1) is 0 Å². The lowest BCUT2D eigenvalue weighted by atomic mass is 9.94. The van der Waals surface area contributed by atoms with Crippen LogP contribution in [-0.2, 0) is 4.79 Å². The molecule has 0 unspecified atom stereocenters. The summed E-state index contributed by atoms with van der Waals surface area (Å²) in [5.41, 5.74) is 0.304. The molecule has 3 heteroatoms. The van der Waals surface area contributed by atoms with Crippen molar-refractivity contribution < 1.29 is 4.79 Å². The summed E-state index contributed by atoms with van der Waals surface area (Å²) in [5.74, 6) is 0.223. The molecular weight excluding hydrogens is 212 g/mol. The first-order valence-electron chi connectivity index (χ1n) is 7.04. The second-order valence-corrected chi connectivity index (χ2v) is 5.74. The highest BCUT2D eigenvalue weighted by molar-refractivity contribution is 5.76. The van der Waals surface area contributed by atoms with E-state index in [4.69, 9.17) is 0 Å². The van der Waals surface area contributed by atoms with E-state index in [1.807, 2.05) is 6.92 Å². The van der Waals surface area contributed by atoms with Crippen molar-refractivity contribution in [2.24, 2.45) is 0 Å². The van der Waals surface area contributed by atoms with Crippen molar-refractivity contribution in [1.29, 1.82) is 0 Å². The normalized spacial score (nSPS) is 19.3. The molecule has 3 nitrogen and oxygen atoms in total. The second kappa shape index (κ2) is 6.39. The van der Waals surface area contributed by atoms with Gasteiger partial charge in [-0.3, -0.25) is 9.69 Å². The number of amides is 1. The molecule has 0 radical (unpaired) electrons. The summed E-state index contributed by atoms with van der Waals surface area (Å²) in [6.07, 6.45) is 4.98. The molecule has 1 heterocycles. The van der Waals surface area contributed by atoms with E-state index in [0.717, 1.165) is 32.4 Å². The van der Waals surface area contributed by atoms with Crippen molar-refractivity contribution in [2.75, 3.05) is 13.1 Å². The van der Waals surface area contributed by atoms with Gasteiger partial charge in [0, 0.05) is 31.1 Å². The monoisotopic (exact) mass is 240 g/mol. The quantitative estimate of drug-likeness (QED) is 0.801. The number of hydrogen-bond donors (Lipinski definition) is 1. The summed E-state index contributed by atoms with van der Waals surface area (Å²) in [4.78, 5) is 14.1. The number of nitrogens with one attached hydrogen (secondary N) is 1. The summed E-state index contributed by atoms with van der Waals surface area (Å²) in [6, 6.07) is 0.401. The van der Waals surface area contributed by atoms with Gasteiger partial charge in [-0.05, 0) is 39.5 Å². The molecule has 0 aromatic heterocycles. The van der Waals surface area contributed by atoms with Crippen LogP contribution in [0.25, 0.3) is 0 Å². The number of carbonyl (C=O) groups excluding carboxylic acids is 1. The Morgan fingerprint density at radius 2 is 1.88 bits per heavy atom. The Balaban J connectivity index is 2.33. The Labute approximate surface area is 106 Å². The molecule has 0 spiro atoms. The van der Waals surface area contributed by atoms with Crippen LogP contribution in [-0.4, -0.2) is 35.5 Å². The molecule has 1 aliphatic rings. The Bertz CT molecular complexity index is 243. The van der Waals surface area contributed by atoms with E-state index in [0.29, 0.717) is 18.0 Å². The van der Waals surface area contributed by atoms with Crippen LogP contribution in [0.5, 0.6) is 0 Å². The fourth-order valence-corrected chi connectivity index (χ4v) is 2.38. The van der Waals surface area contributed by atoms with Gasteiger partial charge in [0.1, 0.15) is 0 Å². The van der Waals surface area contributed by atoms with Crippen molar-refractivity contribution in [3.05, 3.63) is 0 Å². The molecule has 0 aromatic rings. The summed E-state index contributed by atoms with van der Waals surface area (Å²) < 4.78 is 0. The van der Waals surface area contributed by atoms with Gasteiger partial charge in [-0.1, -0.05) is 13.8 Å². The van der Waals surface area contributed by atoms with Crippen LogP contribution in [0.1, 0.15) is 59.8 Å². The number of carbonyl (C=O) groups is 1. The first-order chi connectivity index (χ1) is 7.99. The Kier molecular flexibility index (Phi) is 5.44. The van der Waals surface area contributed by atoms with E-state index in [1.54, 1.807) is 0 Å². The molecule has 0 saturated carbocycles. The number of likely N-dealkylation sites (tertiary alicyclic amines) is 1. The maximum atomic E-state index is 11.5. The van der Waals surface area contributed by atoms with E-state index in [1.165, 1.54) is 6.42 Å². The maximum Gasteiger partial charge on any atom is 0.220 e. The Morgan fingerprint density at radius 1 is 1.29 bits per heavy atom. The highest BCUT2D eigenvalue weighted by atomic mass is 16.1. The Morgan fingerprint density at radius 3 is 2.35 bits per heavy atom. The second-order valence-electron chi connectivity index (χ2n) is 5.74. The van der Waals surface area contributed by atoms with Gasteiger partial charge in [0.25, 0.3) is 0 Å². The standard InChI is InChI=1S/C14H28N2O/c1-5-7-13(17)15-12-8-10-16(11-9-12)14(3,4)6-2/h12H,5-11H2,1-4H3,(H,15,17). The topological polar surface area (TPSA) is 32.3 Å². The lowest BCUT2D eigenvalue weighted by molar-refractivity contribution is -0.122. The molecule has 1 aliphatic heterocycles. The average Bonchev–Trinajstić information content (AvgIpc) is 2.30. The van der Waals surface area contributed by atoms with Crippen LogP contribution in [0.4, 0.5) is 0 Å². The number of piperidine rings is 1. The third-order valence-electron chi connectivity index (χ3n) is 4.06. The van der Waals surface area contributed by atoms with Crippen LogP contribution >= 0.6 is 0 Å². The zero-order valence-corrected chi connectivity index (χ0v) is 11.9. The van der Waals surface area contributed by atoms with Crippen LogP contribution in [0.2, 0.25) is 0 Å². The molecule has 1 N–H and O–H groups in total. The van der Waals surface area contributed by atoms with E-state index in [9.17, 15) is 4.79 Å². The molecule has 1 saturated heterocycles. The Hall–Kier alpha value is -0.570. The van der Waals surface area contributed by atoms with Gasteiger partial charge in [-0.2, -0.15) is 0 Å². The highest BCUT2D eigenvalue weighted by Gasteiger charge is 2.29. The van der Waals surface area contributed by atoms with E-state index in [2.05, 4.69) is 31.0 Å². The van der Waals surface area contributed by atoms with Crippen molar-refractivity contribution in [3.63, 3.8) is 0 Å². The SMILES string of the molecule is CCCC(=O)NC1CCN(C(C)(C)CC)CC1. The summed E-state index contributed by atoms with van der Waals surface area (Å²) >= 11 is 0. The van der Waals surface area contributed by atoms with Crippen LogP contribution in [0.15, 0.2) is 0 Å². The minimum Gasteiger partial charge on any atom is -0.353 e. The van der Waals surface area contributed by atoms with Crippen LogP contribution in [0.3, 0.4) is 0 Å². The molecule has 1 fully saturated rings. The highest BCUT2D eigenvalue weighted by Crippen LogP contribution is 2.23. The fraction of sp³-hybridized carbons (Fsp3) is 0.929. The van der Waals surface area contributed by atoms with Gasteiger partial charge in [0.15, 0.2) is 0 Å². The zero-order valence-electron chi connectivity index (χ0n) is 11.9. The van der Waals surface area contributed by atoms with Crippen LogP contribution in [0, 0.1) is 0 Å². The number of rotatable bonds is 5. The molecule has 0 atom stereocenters. The summed E-state index contributed by atoms with van der Waals surface area (Å²) in [5, 5.41) is 3.14. The minimum atomic E-state index is 0.223. The van der Waals surface area contributed by atoms with E-state index < -0.39 is 0 Å². The van der Waals surface area contributed by atoms with Gasteiger partial charge >= 0.3 is 0 Å². The lowest BCUT2D eigenvalue weighted by Gasteiger charge is -2.42. The summed E-state index contributed by atoms with van der Waals surface area (Å²) in [7, 11) is 0. The fourth-order valence-electron chi connectivity index (χ4n) is 2.38. The number of hydrogen-bond acceptors (Lipinski definition) is 2. The predicted molar refractivity (Wildman–Crippen MR) is 72.0 cm³/mol. The predicted octanol–water partition coefficient (Wildman–Crippen LogP) is 2.56. The lowest BCUT2D eigenvalue weighted by Crippen LogP contribution is -2.51. The smallest absolute Gasteiger partial charge is 0.220 e. The van der Waals surface area contributed by atoms with Crippen molar-refractivity contribution in [2.45, 2.75) is 71.4 Å². The van der Waals surface area contributed by atoms with Crippen molar-refractivity contribution in [1.82, 2.24) is 10.2 Å². The molecule has 0 bridgehead atoms. The maximum absolute atomic E-state index is 11.5. The molecule has 1 amide bonds. The minimum absolute atomic E-state index is 0.223. The third-order valence-corrected chi connectivity index (χ3v) is 4.06. The first-order valence-corrected chi connectivity index (χ1v) is 7.04. The van der Waals surface area contributed by atoms with Crippen molar-refractivity contribution in [3.8, 4) is 0 Å². The number of nitrogens with zero attached hydrogens (tertiary/aromatic N) is 1. The largest absolute Gasteiger partial charge is 0.353 e. The molecule has 0 aromatic carbocycles. The van der Waals surface area contributed by atoms with Crippen molar-refractivity contribution >= 4 is 5.91 Å². The molecule has 1 rings (SSSR count). The van der Waals surface area contributed by atoms with Gasteiger partial charge in [-0.25, -0.2) is 0 Å².